The molecule has 4 aromatic heterocycles. The van der Waals surface area contributed by atoms with Crippen LogP contribution in [0.1, 0.15) is 11.5 Å². The third-order valence-corrected chi connectivity index (χ3v) is 6.37. The molecule has 49 heavy (non-hydrogen) atoms. The summed E-state index contributed by atoms with van der Waals surface area (Å²) in [5, 5.41) is 19.9. The minimum Gasteiger partial charge on any atom is -0.435 e. The summed E-state index contributed by atoms with van der Waals surface area (Å²) in [6.07, 6.45) is 0. The van der Waals surface area contributed by atoms with E-state index in [9.17, 15) is 31.9 Å². The predicted molar refractivity (Wildman–Crippen MR) is 170 cm³/mol. The van der Waals surface area contributed by atoms with Crippen molar-refractivity contribution < 1.29 is 31.6 Å². The molecular weight excluding hydrogens is 722 g/mol. The van der Waals surface area contributed by atoms with E-state index in [-0.39, 0.29) is 34.7 Å². The van der Waals surface area contributed by atoms with Gasteiger partial charge in [-0.15, -0.1) is 0 Å². The minimum absolute atomic E-state index is 0.0548. The average Bonchev–Trinajstić information content (AvgIpc) is 3.49. The molecule has 13 nitrogen and oxygen atoms in total. The van der Waals surface area contributed by atoms with E-state index in [1.165, 1.54) is 47.1 Å². The van der Waals surface area contributed by atoms with Gasteiger partial charge in [-0.05, 0) is 89.6 Å². The van der Waals surface area contributed by atoms with E-state index >= 15 is 0 Å². The second-order valence-electron chi connectivity index (χ2n) is 9.51. The van der Waals surface area contributed by atoms with E-state index in [0.29, 0.717) is 38.6 Å². The summed E-state index contributed by atoms with van der Waals surface area (Å²) in [6, 6.07) is 22.5. The molecule has 6 rings (SSSR count). The van der Waals surface area contributed by atoms with Crippen LogP contribution in [0.5, 0.6) is 11.5 Å². The highest BCUT2D eigenvalue weighted by atomic mass is 79.9. The summed E-state index contributed by atoms with van der Waals surface area (Å²) in [7, 11) is 0. The normalized spacial score (nSPS) is 10.5. The Morgan fingerprint density at radius 2 is 1.27 bits per heavy atom. The number of aromatic nitrogens is 7. The maximum atomic E-state index is 12.2. The molecule has 0 radical (unpaired) electrons. The number of H-pyrrole nitrogens is 2. The number of aryl methyl sites for hydroxylation is 1. The first-order chi connectivity index (χ1) is 23.4. The topological polar surface area (TPSA) is 171 Å². The van der Waals surface area contributed by atoms with Crippen LogP contribution in [0.2, 0.25) is 0 Å². The number of nitrogens with zero attached hydrogens (tertiary/aromatic N) is 5. The standard InChI is InChI=1S/C16H13F2N3O3.C11H8F2N2O2.C4H3BrN2O/c1-10-8-13(24-20-10)9-21-15(22)7-6-14(19-21)11-2-4-12(5-3-11)23-16(17)18;12-11(13)17-8-3-1-7(2-4-8)9-5-6-10(16)15-14-9;5-3-1-2-4(8)7-6-3/h2-8,16H,9H2,1H3;1-6,11H,(H,15,16);1-2H,(H,7,8). The molecule has 0 aliphatic heterocycles. The molecule has 0 spiro atoms. The Morgan fingerprint density at radius 3 is 1.71 bits per heavy atom. The maximum Gasteiger partial charge on any atom is 0.387 e. The molecule has 0 fully saturated rings. The number of benzene rings is 2. The van der Waals surface area contributed by atoms with E-state index < -0.39 is 13.2 Å². The highest BCUT2D eigenvalue weighted by Gasteiger charge is 2.09. The van der Waals surface area contributed by atoms with Crippen LogP contribution in [0.15, 0.2) is 115 Å². The van der Waals surface area contributed by atoms with Gasteiger partial charge in [0.2, 0.25) is 0 Å². The van der Waals surface area contributed by atoms with Gasteiger partial charge in [0.1, 0.15) is 22.6 Å². The molecule has 0 aliphatic carbocycles. The van der Waals surface area contributed by atoms with Gasteiger partial charge in [-0.2, -0.15) is 32.9 Å². The third kappa shape index (κ3) is 11.7. The molecule has 2 N–H and O–H groups in total. The van der Waals surface area contributed by atoms with Gasteiger partial charge in [-0.1, -0.05) is 5.16 Å². The van der Waals surface area contributed by atoms with E-state index in [0.717, 1.165) is 0 Å². The Balaban J connectivity index is 0.000000187. The molecule has 0 aliphatic rings. The first-order valence-corrected chi connectivity index (χ1v) is 14.6. The average molecular weight is 746 g/mol. The zero-order valence-corrected chi connectivity index (χ0v) is 26.7. The van der Waals surface area contributed by atoms with Crippen molar-refractivity contribution >= 4 is 15.9 Å². The highest BCUT2D eigenvalue weighted by molar-refractivity contribution is 9.10. The van der Waals surface area contributed by atoms with Crippen LogP contribution < -0.4 is 26.2 Å². The van der Waals surface area contributed by atoms with E-state index in [1.54, 1.807) is 55.5 Å². The van der Waals surface area contributed by atoms with E-state index in [2.05, 4.69) is 56.1 Å². The second kappa shape index (κ2) is 17.3. The Kier molecular flexibility index (Phi) is 12.7. The lowest BCUT2D eigenvalue weighted by Crippen LogP contribution is -2.22. The van der Waals surface area contributed by atoms with Crippen molar-refractivity contribution in [2.45, 2.75) is 26.7 Å². The van der Waals surface area contributed by atoms with Crippen LogP contribution in [0.4, 0.5) is 17.6 Å². The van der Waals surface area contributed by atoms with Crippen LogP contribution in [0, 0.1) is 6.92 Å². The summed E-state index contributed by atoms with van der Waals surface area (Å²) >= 11 is 3.06. The van der Waals surface area contributed by atoms with Crippen molar-refractivity contribution in [1.82, 2.24) is 35.3 Å². The number of rotatable bonds is 8. The molecule has 0 bridgehead atoms. The van der Waals surface area contributed by atoms with Gasteiger partial charge in [0.25, 0.3) is 16.7 Å². The Hall–Kier alpha value is -5.91. The Morgan fingerprint density at radius 1 is 0.735 bits per heavy atom. The van der Waals surface area contributed by atoms with Crippen LogP contribution in [0.3, 0.4) is 0 Å². The number of halogens is 5. The molecule has 0 saturated heterocycles. The molecule has 254 valence electrons. The van der Waals surface area contributed by atoms with Crippen LogP contribution in [0.25, 0.3) is 22.5 Å². The maximum absolute atomic E-state index is 12.2. The van der Waals surface area contributed by atoms with Gasteiger partial charge in [0.15, 0.2) is 5.76 Å². The third-order valence-electron chi connectivity index (χ3n) is 5.92. The number of hydrogen-bond acceptors (Lipinski definition) is 10. The lowest BCUT2D eigenvalue weighted by molar-refractivity contribution is -0.0505. The first-order valence-electron chi connectivity index (χ1n) is 13.8. The summed E-state index contributed by atoms with van der Waals surface area (Å²) in [6.45, 7) is -3.78. The Labute approximate surface area is 281 Å². The lowest BCUT2D eigenvalue weighted by atomic mass is 10.1. The van der Waals surface area contributed by atoms with Crippen LogP contribution in [-0.2, 0) is 6.54 Å². The van der Waals surface area contributed by atoms with Crippen molar-refractivity contribution in [1.29, 1.82) is 0 Å². The SMILES string of the molecule is Cc1cc(Cn2nc(-c3ccc(OC(F)F)cc3)ccc2=O)on1.O=c1ccc(-c2ccc(OC(F)F)cc2)n[nH]1.O=c1ccc(Br)n[nH]1. The molecule has 0 atom stereocenters. The molecule has 2 aromatic carbocycles. The summed E-state index contributed by atoms with van der Waals surface area (Å²) in [5.74, 6) is 0.646. The van der Waals surface area contributed by atoms with Crippen molar-refractivity contribution in [2.75, 3.05) is 0 Å². The van der Waals surface area contributed by atoms with Gasteiger partial charge in [0.05, 0.1) is 17.1 Å². The first kappa shape index (κ1) is 35.9. The molecule has 0 amide bonds. The number of hydrogen-bond donors (Lipinski definition) is 2. The molecule has 18 heteroatoms. The fourth-order valence-corrected chi connectivity index (χ4v) is 4.02. The molecule has 0 unspecified atom stereocenters. The summed E-state index contributed by atoms with van der Waals surface area (Å²) < 4.78 is 63.6. The molecule has 6 aromatic rings. The predicted octanol–water partition coefficient (Wildman–Crippen LogP) is 5.43. The molecule has 0 saturated carbocycles. The largest absolute Gasteiger partial charge is 0.435 e. The van der Waals surface area contributed by atoms with Gasteiger partial charge in [-0.3, -0.25) is 14.4 Å². The van der Waals surface area contributed by atoms with Gasteiger partial charge < -0.3 is 14.0 Å². The summed E-state index contributed by atoms with van der Waals surface area (Å²) in [5.41, 5.74) is 2.37. The van der Waals surface area contributed by atoms with Gasteiger partial charge in [0, 0.05) is 35.4 Å². The van der Waals surface area contributed by atoms with E-state index in [4.69, 9.17) is 4.52 Å². The number of ether oxygens (including phenoxy) is 2. The smallest absolute Gasteiger partial charge is 0.387 e. The zero-order chi connectivity index (χ0) is 35.3. The second-order valence-corrected chi connectivity index (χ2v) is 10.3. The number of aromatic amines is 2. The number of alkyl halides is 4. The van der Waals surface area contributed by atoms with Crippen molar-refractivity contribution in [2.24, 2.45) is 0 Å². The highest BCUT2D eigenvalue weighted by Crippen LogP contribution is 2.22. The zero-order valence-electron chi connectivity index (χ0n) is 25.1. The monoisotopic (exact) mass is 745 g/mol. The fraction of sp³-hybridized carbons (Fsp3) is 0.129. The minimum atomic E-state index is -2.87. The van der Waals surface area contributed by atoms with Gasteiger partial charge >= 0.3 is 13.2 Å². The van der Waals surface area contributed by atoms with Crippen LogP contribution in [-0.4, -0.2) is 48.6 Å². The number of nitrogens with one attached hydrogen (secondary N) is 2. The van der Waals surface area contributed by atoms with Crippen molar-refractivity contribution in [3.63, 3.8) is 0 Å². The van der Waals surface area contributed by atoms with E-state index in [1.807, 2.05) is 0 Å². The lowest BCUT2D eigenvalue weighted by Gasteiger charge is -2.07. The Bertz CT molecular complexity index is 2080. The summed E-state index contributed by atoms with van der Waals surface area (Å²) in [4.78, 5) is 33.0. The quantitative estimate of drug-likeness (QED) is 0.192. The molecular formula is C31H24BrF4N7O6. The molecule has 4 heterocycles. The van der Waals surface area contributed by atoms with Crippen molar-refractivity contribution in [3.05, 3.63) is 138 Å². The van der Waals surface area contributed by atoms with Gasteiger partial charge in [-0.25, -0.2) is 14.9 Å². The van der Waals surface area contributed by atoms with Crippen LogP contribution >= 0.6 is 15.9 Å². The van der Waals surface area contributed by atoms with Crippen molar-refractivity contribution in [3.8, 4) is 34.0 Å². The fourth-order valence-electron chi connectivity index (χ4n) is 3.80.